The molecule has 0 aromatic carbocycles. The lowest BCUT2D eigenvalue weighted by Gasteiger charge is -2.33. The SMILES string of the molecule is O=C(O)C1CC2(C(=O)O)C=CC3C(C2)N13. The zero-order valence-corrected chi connectivity index (χ0v) is 7.96. The average molecular weight is 209 g/mol. The predicted octanol–water partition coefficient (Wildman–Crippen LogP) is -0.0730. The van der Waals surface area contributed by atoms with Gasteiger partial charge in [-0.2, -0.15) is 0 Å². The third-order valence-electron chi connectivity index (χ3n) is 3.85. The van der Waals surface area contributed by atoms with E-state index in [1.807, 2.05) is 11.0 Å². The highest BCUT2D eigenvalue weighted by Crippen LogP contribution is 2.54. The Labute approximate surface area is 86.0 Å². The number of carboxylic acid groups (broad SMARTS) is 2. The van der Waals surface area contributed by atoms with Gasteiger partial charge in [-0.3, -0.25) is 14.5 Å². The molecule has 80 valence electrons. The molecule has 5 unspecified atom stereocenters. The van der Waals surface area contributed by atoms with E-state index in [1.165, 1.54) is 0 Å². The quantitative estimate of drug-likeness (QED) is 0.491. The minimum Gasteiger partial charge on any atom is -0.481 e. The van der Waals surface area contributed by atoms with Crippen LogP contribution in [0.3, 0.4) is 0 Å². The van der Waals surface area contributed by atoms with E-state index in [9.17, 15) is 14.7 Å². The molecular weight excluding hydrogens is 198 g/mol. The highest BCUT2D eigenvalue weighted by Gasteiger charge is 2.64. The normalized spacial score (nSPS) is 49.9. The Hall–Kier alpha value is -1.36. The van der Waals surface area contributed by atoms with Crippen LogP contribution in [0.15, 0.2) is 12.2 Å². The second-order valence-corrected chi connectivity index (χ2v) is 4.59. The third kappa shape index (κ3) is 0.958. The van der Waals surface area contributed by atoms with Crippen molar-refractivity contribution in [2.75, 3.05) is 0 Å². The second kappa shape index (κ2) is 2.41. The topological polar surface area (TPSA) is 77.6 Å². The van der Waals surface area contributed by atoms with E-state index in [2.05, 4.69) is 0 Å². The number of rotatable bonds is 2. The summed E-state index contributed by atoms with van der Waals surface area (Å²) in [6.07, 6.45) is 4.30. The molecule has 5 atom stereocenters. The Bertz CT molecular complexity index is 391. The number of piperidine rings is 1. The molecule has 2 heterocycles. The van der Waals surface area contributed by atoms with Crippen molar-refractivity contribution >= 4 is 11.9 Å². The van der Waals surface area contributed by atoms with Crippen LogP contribution in [0.5, 0.6) is 0 Å². The van der Waals surface area contributed by atoms with Gasteiger partial charge in [-0.05, 0) is 12.8 Å². The summed E-state index contributed by atoms with van der Waals surface area (Å²) in [5.74, 6) is -1.80. The Balaban J connectivity index is 2.00. The fourth-order valence-electron chi connectivity index (χ4n) is 3.00. The molecule has 0 radical (unpaired) electrons. The molecule has 3 aliphatic rings. The van der Waals surface area contributed by atoms with Crippen LogP contribution in [0.4, 0.5) is 0 Å². The summed E-state index contributed by atoms with van der Waals surface area (Å²) in [5.41, 5.74) is -0.933. The van der Waals surface area contributed by atoms with Crippen LogP contribution in [0, 0.1) is 5.41 Å². The number of carbonyl (C=O) groups is 2. The third-order valence-corrected chi connectivity index (χ3v) is 3.85. The number of fused-ring (bicyclic) bond motifs is 2. The molecule has 2 fully saturated rings. The predicted molar refractivity (Wildman–Crippen MR) is 49.3 cm³/mol. The Morgan fingerprint density at radius 1 is 1.33 bits per heavy atom. The molecule has 1 aliphatic carbocycles. The molecule has 0 amide bonds. The molecule has 2 saturated heterocycles. The summed E-state index contributed by atoms with van der Waals surface area (Å²) in [7, 11) is 0. The van der Waals surface area contributed by atoms with Crippen molar-refractivity contribution in [2.24, 2.45) is 5.41 Å². The van der Waals surface area contributed by atoms with Gasteiger partial charge in [0.25, 0.3) is 0 Å². The van der Waals surface area contributed by atoms with E-state index in [4.69, 9.17) is 5.11 Å². The first-order valence-electron chi connectivity index (χ1n) is 4.98. The van der Waals surface area contributed by atoms with Crippen LogP contribution in [-0.4, -0.2) is 45.2 Å². The molecule has 0 spiro atoms. The highest BCUT2D eigenvalue weighted by atomic mass is 16.4. The van der Waals surface area contributed by atoms with Crippen LogP contribution in [0.1, 0.15) is 12.8 Å². The van der Waals surface area contributed by atoms with Crippen molar-refractivity contribution < 1.29 is 19.8 Å². The first-order chi connectivity index (χ1) is 7.05. The van der Waals surface area contributed by atoms with Gasteiger partial charge in [-0.25, -0.2) is 0 Å². The standard InChI is InChI=1S/C10H11NO4/c12-8(13)7-4-10(9(14)15)2-1-5-6(3-10)11(5)7/h1-2,5-7H,3-4H2,(H,12,13)(H,14,15). The van der Waals surface area contributed by atoms with Gasteiger partial charge < -0.3 is 10.2 Å². The highest BCUT2D eigenvalue weighted by molar-refractivity contribution is 5.82. The molecule has 2 bridgehead atoms. The maximum Gasteiger partial charge on any atom is 0.320 e. The van der Waals surface area contributed by atoms with E-state index in [0.29, 0.717) is 6.42 Å². The number of carboxylic acids is 2. The summed E-state index contributed by atoms with van der Waals surface area (Å²) in [6, 6.07) is -0.318. The molecule has 2 aliphatic heterocycles. The van der Waals surface area contributed by atoms with Gasteiger partial charge in [0.1, 0.15) is 6.04 Å². The van der Waals surface area contributed by atoms with Gasteiger partial charge in [0.05, 0.1) is 5.41 Å². The molecule has 0 saturated carbocycles. The average Bonchev–Trinajstić information content (AvgIpc) is 2.91. The van der Waals surface area contributed by atoms with E-state index < -0.39 is 23.4 Å². The first-order valence-corrected chi connectivity index (χ1v) is 4.98. The van der Waals surface area contributed by atoms with Crippen LogP contribution in [0.2, 0.25) is 0 Å². The van der Waals surface area contributed by atoms with Gasteiger partial charge in [0.2, 0.25) is 0 Å². The lowest BCUT2D eigenvalue weighted by molar-refractivity contribution is -0.151. The van der Waals surface area contributed by atoms with Gasteiger partial charge in [-0.15, -0.1) is 0 Å². The van der Waals surface area contributed by atoms with Gasteiger partial charge in [0.15, 0.2) is 0 Å². The van der Waals surface area contributed by atoms with Crippen molar-refractivity contribution in [1.29, 1.82) is 0 Å². The minimum atomic E-state index is -0.933. The molecule has 5 nitrogen and oxygen atoms in total. The number of aliphatic carboxylic acids is 2. The lowest BCUT2D eigenvalue weighted by Crippen LogP contribution is -2.45. The van der Waals surface area contributed by atoms with Crippen LogP contribution < -0.4 is 0 Å². The lowest BCUT2D eigenvalue weighted by atomic mass is 9.73. The van der Waals surface area contributed by atoms with E-state index >= 15 is 0 Å². The van der Waals surface area contributed by atoms with E-state index in [1.54, 1.807) is 6.08 Å². The molecule has 0 aromatic heterocycles. The van der Waals surface area contributed by atoms with Gasteiger partial charge in [-0.1, -0.05) is 12.2 Å². The van der Waals surface area contributed by atoms with Crippen LogP contribution >= 0.6 is 0 Å². The molecular formula is C10H11NO4. The molecule has 0 aromatic rings. The second-order valence-electron chi connectivity index (χ2n) is 4.59. The fourth-order valence-corrected chi connectivity index (χ4v) is 3.00. The van der Waals surface area contributed by atoms with E-state index in [0.717, 1.165) is 0 Å². The first kappa shape index (κ1) is 8.91. The summed E-state index contributed by atoms with van der Waals surface area (Å²) in [5, 5.41) is 18.2. The Kier molecular flexibility index (Phi) is 1.43. The number of hydrogen-bond donors (Lipinski definition) is 2. The zero-order chi connectivity index (χ0) is 10.8. The maximum absolute atomic E-state index is 11.2. The van der Waals surface area contributed by atoms with Crippen LogP contribution in [-0.2, 0) is 9.59 Å². The summed E-state index contributed by atoms with van der Waals surface area (Å²) in [6.45, 7) is 0. The summed E-state index contributed by atoms with van der Waals surface area (Å²) >= 11 is 0. The van der Waals surface area contributed by atoms with Crippen molar-refractivity contribution in [2.45, 2.75) is 31.0 Å². The monoisotopic (exact) mass is 209 g/mol. The Morgan fingerprint density at radius 2 is 2.07 bits per heavy atom. The smallest absolute Gasteiger partial charge is 0.320 e. The molecule has 15 heavy (non-hydrogen) atoms. The number of nitrogens with zero attached hydrogens (tertiary/aromatic N) is 1. The van der Waals surface area contributed by atoms with Gasteiger partial charge in [0, 0.05) is 12.1 Å². The van der Waals surface area contributed by atoms with Crippen LogP contribution in [0.25, 0.3) is 0 Å². The summed E-state index contributed by atoms with van der Waals surface area (Å²) < 4.78 is 0. The summed E-state index contributed by atoms with van der Waals surface area (Å²) in [4.78, 5) is 24.1. The fraction of sp³-hybridized carbons (Fsp3) is 0.600. The number of hydrogen-bond acceptors (Lipinski definition) is 3. The largest absolute Gasteiger partial charge is 0.481 e. The molecule has 2 N–H and O–H groups in total. The minimum absolute atomic E-state index is 0.140. The molecule has 3 rings (SSSR count). The van der Waals surface area contributed by atoms with Crippen molar-refractivity contribution in [3.8, 4) is 0 Å². The van der Waals surface area contributed by atoms with E-state index in [-0.39, 0.29) is 18.5 Å². The maximum atomic E-state index is 11.2. The van der Waals surface area contributed by atoms with Crippen molar-refractivity contribution in [3.63, 3.8) is 0 Å². The van der Waals surface area contributed by atoms with Crippen molar-refractivity contribution in [3.05, 3.63) is 12.2 Å². The zero-order valence-electron chi connectivity index (χ0n) is 7.96. The molecule has 5 heteroatoms. The Morgan fingerprint density at radius 3 is 2.67 bits per heavy atom. The van der Waals surface area contributed by atoms with Crippen molar-refractivity contribution in [1.82, 2.24) is 4.90 Å². The van der Waals surface area contributed by atoms with Gasteiger partial charge >= 0.3 is 11.9 Å².